The van der Waals surface area contributed by atoms with E-state index in [4.69, 9.17) is 9.79 Å². The van der Waals surface area contributed by atoms with Crippen LogP contribution in [0.4, 0.5) is 0 Å². The molecule has 0 radical (unpaired) electrons. The minimum atomic E-state index is -5.52. The van der Waals surface area contributed by atoms with Gasteiger partial charge in [0.05, 0.1) is 6.61 Å². The molecule has 1 fully saturated rings. The van der Waals surface area contributed by atoms with Crippen LogP contribution >= 0.6 is 15.6 Å². The zero-order chi connectivity index (χ0) is 15.1. The molecule has 5 N–H and O–H groups in total. The zero-order valence-corrected chi connectivity index (χ0v) is 12.8. The van der Waals surface area contributed by atoms with Gasteiger partial charge in [-0.1, -0.05) is 0 Å². The van der Waals surface area contributed by atoms with Crippen molar-refractivity contribution in [3.8, 4) is 0 Å². The first-order valence-corrected chi connectivity index (χ1v) is 7.52. The fourth-order valence-electron chi connectivity index (χ4n) is 1.32. The van der Waals surface area contributed by atoms with Crippen molar-refractivity contribution >= 4 is 38.7 Å². The quantitative estimate of drug-likeness (QED) is 0.180. The Morgan fingerprint density at radius 3 is 2.10 bits per heavy atom. The maximum atomic E-state index is 10.4. The summed E-state index contributed by atoms with van der Waals surface area (Å²) in [5.41, 5.74) is 0. The van der Waals surface area contributed by atoms with E-state index in [2.05, 4.69) is 13.8 Å². The SMILES string of the molecule is O=P([O-])(O)OC[C@H]1O[C@](O)(OP(=O)([O-])O)C(O)C1O.[Mg+2]. The van der Waals surface area contributed by atoms with Gasteiger partial charge in [-0.25, -0.2) is 0 Å². The molecule has 0 saturated carbocycles. The molecule has 0 amide bonds. The summed E-state index contributed by atoms with van der Waals surface area (Å²) in [5.74, 6) is -3.32. The number of ether oxygens (including phenoxy) is 1. The van der Waals surface area contributed by atoms with Crippen molar-refractivity contribution in [1.29, 1.82) is 0 Å². The molecule has 1 aliphatic rings. The maximum Gasteiger partial charge on any atom is 2.00 e. The number of phosphoric ester groups is 2. The van der Waals surface area contributed by atoms with E-state index < -0.39 is 46.5 Å². The van der Waals surface area contributed by atoms with Crippen LogP contribution in [0.2, 0.25) is 0 Å². The Kier molecular flexibility index (Phi) is 7.22. The van der Waals surface area contributed by atoms with Gasteiger partial charge in [0.25, 0.3) is 15.6 Å². The van der Waals surface area contributed by atoms with Crippen molar-refractivity contribution in [2.75, 3.05) is 6.61 Å². The smallest absolute Gasteiger partial charge is 0.756 e. The van der Waals surface area contributed by atoms with Crippen LogP contribution < -0.4 is 9.79 Å². The minimum Gasteiger partial charge on any atom is -0.756 e. The molecule has 0 aromatic heterocycles. The van der Waals surface area contributed by atoms with Gasteiger partial charge in [-0.15, -0.1) is 0 Å². The first kappa shape index (κ1) is 20.8. The molecule has 1 rings (SSSR count). The van der Waals surface area contributed by atoms with Gasteiger partial charge >= 0.3 is 29.0 Å². The summed E-state index contributed by atoms with van der Waals surface area (Å²) in [7, 11) is -10.7. The van der Waals surface area contributed by atoms with E-state index >= 15 is 0 Å². The third kappa shape index (κ3) is 5.91. The topological polar surface area (TPSA) is 209 Å². The van der Waals surface area contributed by atoms with Crippen LogP contribution in [0.25, 0.3) is 0 Å². The van der Waals surface area contributed by atoms with Gasteiger partial charge in [-0.05, 0) is 0 Å². The van der Waals surface area contributed by atoms with E-state index in [0.29, 0.717) is 0 Å². The Morgan fingerprint density at radius 2 is 1.70 bits per heavy atom. The van der Waals surface area contributed by atoms with Crippen LogP contribution in [-0.4, -0.2) is 79.1 Å². The summed E-state index contributed by atoms with van der Waals surface area (Å²) >= 11 is 0. The van der Waals surface area contributed by atoms with Gasteiger partial charge in [-0.2, -0.15) is 0 Å². The average molecular weight is 348 g/mol. The van der Waals surface area contributed by atoms with E-state index in [0.717, 1.165) is 0 Å². The molecule has 1 aliphatic heterocycles. The van der Waals surface area contributed by atoms with Gasteiger partial charge in [0.15, 0.2) is 6.10 Å². The molecule has 15 heteroatoms. The van der Waals surface area contributed by atoms with Crippen LogP contribution in [0.5, 0.6) is 0 Å². The van der Waals surface area contributed by atoms with Crippen LogP contribution in [0.15, 0.2) is 0 Å². The van der Waals surface area contributed by atoms with Crippen LogP contribution in [0, 0.1) is 0 Å². The Balaban J connectivity index is 0.00000361. The Labute approximate surface area is 127 Å². The first-order chi connectivity index (χ1) is 8.34. The van der Waals surface area contributed by atoms with Crippen molar-refractivity contribution in [2.24, 2.45) is 0 Å². The first-order valence-electron chi connectivity index (χ1n) is 4.53. The molecule has 0 aromatic carbocycles. The van der Waals surface area contributed by atoms with Crippen molar-refractivity contribution < 1.29 is 57.8 Å². The van der Waals surface area contributed by atoms with E-state index in [1.165, 1.54) is 0 Å². The normalized spacial score (nSPS) is 39.6. The van der Waals surface area contributed by atoms with Crippen molar-refractivity contribution in [3.05, 3.63) is 0 Å². The molecule has 12 nitrogen and oxygen atoms in total. The number of hydrogen-bond donors (Lipinski definition) is 5. The summed E-state index contributed by atoms with van der Waals surface area (Å²) in [6, 6.07) is 0. The second-order valence-corrected chi connectivity index (χ2v) is 5.86. The van der Waals surface area contributed by atoms with Gasteiger partial charge < -0.3 is 44.2 Å². The van der Waals surface area contributed by atoms with Crippen LogP contribution in [0.3, 0.4) is 0 Å². The van der Waals surface area contributed by atoms with Crippen molar-refractivity contribution in [2.45, 2.75) is 24.3 Å². The Hall–Kier alpha value is 0.826. The number of hydrogen-bond acceptors (Lipinski definition) is 10. The molecule has 0 aliphatic carbocycles. The molecular formula is C5H10MgO12P2. The minimum absolute atomic E-state index is 0. The molecule has 20 heavy (non-hydrogen) atoms. The van der Waals surface area contributed by atoms with E-state index in [1.54, 1.807) is 0 Å². The Morgan fingerprint density at radius 1 is 1.20 bits per heavy atom. The fraction of sp³-hybridized carbons (Fsp3) is 1.00. The molecular weight excluding hydrogens is 338 g/mol. The van der Waals surface area contributed by atoms with Crippen LogP contribution in [0.1, 0.15) is 0 Å². The predicted octanol–water partition coefficient (Wildman–Crippen LogP) is -4.67. The molecule has 0 aromatic rings. The Bertz CT molecular complexity index is 418. The van der Waals surface area contributed by atoms with Gasteiger partial charge in [0.2, 0.25) is 0 Å². The summed E-state index contributed by atoms with van der Waals surface area (Å²) in [5, 5.41) is 28.1. The third-order valence-electron chi connectivity index (χ3n) is 2.05. The van der Waals surface area contributed by atoms with Crippen molar-refractivity contribution in [1.82, 2.24) is 0 Å². The molecule has 1 heterocycles. The number of aliphatic hydroxyl groups excluding tert-OH is 2. The fourth-order valence-corrected chi connectivity index (χ4v) is 2.13. The van der Waals surface area contributed by atoms with Gasteiger partial charge in [-0.3, -0.25) is 13.7 Å². The van der Waals surface area contributed by atoms with Gasteiger partial charge in [0, 0.05) is 0 Å². The summed E-state index contributed by atoms with van der Waals surface area (Å²) in [4.78, 5) is 37.4. The standard InChI is InChI=1S/C5H12O12P2.Mg/c6-3-2(1-15-18(9,10)11)16-5(8,4(3)7)17-19(12,13)14;/h2-4,6-8H,1H2,(H2,9,10,11)(H2,12,13,14);/q;+2/p-2/t2-,3?,4?,5+;/m1./s1. The number of rotatable bonds is 5. The molecule has 1 saturated heterocycles. The second kappa shape index (κ2) is 6.94. The summed E-state index contributed by atoms with van der Waals surface area (Å²) in [6.45, 7) is -1.05. The summed E-state index contributed by atoms with van der Waals surface area (Å²) in [6.07, 6.45) is -6.11. The van der Waals surface area contributed by atoms with E-state index in [-0.39, 0.29) is 23.1 Å². The molecule has 4 unspecified atom stereocenters. The number of aliphatic hydroxyl groups is 3. The predicted molar refractivity (Wildman–Crippen MR) is 54.3 cm³/mol. The van der Waals surface area contributed by atoms with Gasteiger partial charge in [0.1, 0.15) is 12.2 Å². The number of phosphoric acid groups is 2. The molecule has 0 spiro atoms. The molecule has 114 valence electrons. The maximum absolute atomic E-state index is 10.4. The van der Waals surface area contributed by atoms with Crippen LogP contribution in [-0.2, 0) is 22.9 Å². The average Bonchev–Trinajstić information content (AvgIpc) is 2.36. The van der Waals surface area contributed by atoms with Crippen molar-refractivity contribution in [3.63, 3.8) is 0 Å². The largest absolute Gasteiger partial charge is 2.00 e. The zero-order valence-electron chi connectivity index (χ0n) is 9.63. The third-order valence-corrected chi connectivity index (χ3v) is 3.01. The van der Waals surface area contributed by atoms with E-state index in [1.807, 2.05) is 0 Å². The molecule has 6 atom stereocenters. The summed E-state index contributed by atoms with van der Waals surface area (Å²) < 4.78 is 32.6. The second-order valence-electron chi connectivity index (χ2n) is 3.55. The molecule has 0 bridgehead atoms. The van der Waals surface area contributed by atoms with E-state index in [9.17, 15) is 34.2 Å². The monoisotopic (exact) mass is 348 g/mol.